The van der Waals surface area contributed by atoms with Crippen molar-refractivity contribution in [3.8, 4) is 0 Å². The number of aliphatic hydroxyl groups is 1. The Morgan fingerprint density at radius 2 is 2.10 bits per heavy atom. The van der Waals surface area contributed by atoms with E-state index in [4.69, 9.17) is 10.8 Å². The van der Waals surface area contributed by atoms with Gasteiger partial charge in [0.25, 0.3) is 0 Å². The number of aliphatic hydroxyl groups excluding tert-OH is 1. The molecule has 2 rings (SSSR count). The Balaban J connectivity index is 2.16. The quantitative estimate of drug-likeness (QED) is 0.661. The van der Waals surface area contributed by atoms with E-state index in [2.05, 4.69) is 4.72 Å². The van der Waals surface area contributed by atoms with Crippen molar-refractivity contribution < 1.29 is 13.5 Å². The number of sulfonamides is 1. The fourth-order valence-corrected chi connectivity index (χ4v) is 3.87. The van der Waals surface area contributed by atoms with Crippen LogP contribution in [0.1, 0.15) is 31.7 Å². The molecule has 6 heteroatoms. The Bertz CT molecular complexity index is 580. The standard InChI is InChI=1S/C14H22N2O3S/c1-2-11-3-4-12(15)9-13(11)20(18,19)16-10-14(5-6-14)7-8-17/h3-4,9,16-17H,2,5-8,10,15H2,1H3. The Hall–Kier alpha value is -1.11. The van der Waals surface area contributed by atoms with E-state index in [9.17, 15) is 8.42 Å². The molecule has 0 aliphatic heterocycles. The smallest absolute Gasteiger partial charge is 0.240 e. The van der Waals surface area contributed by atoms with Crippen LogP contribution in [0.4, 0.5) is 5.69 Å². The number of aryl methyl sites for hydroxylation is 1. The largest absolute Gasteiger partial charge is 0.399 e. The van der Waals surface area contributed by atoms with Crippen LogP contribution in [0.15, 0.2) is 23.1 Å². The van der Waals surface area contributed by atoms with Crippen LogP contribution in [0.3, 0.4) is 0 Å². The van der Waals surface area contributed by atoms with Crippen molar-refractivity contribution in [3.63, 3.8) is 0 Å². The number of nitrogens with one attached hydrogen (secondary N) is 1. The average Bonchev–Trinajstić information content (AvgIpc) is 3.17. The second-order valence-electron chi connectivity index (χ2n) is 5.52. The maximum Gasteiger partial charge on any atom is 0.240 e. The van der Waals surface area contributed by atoms with Gasteiger partial charge in [0, 0.05) is 18.8 Å². The molecule has 1 aromatic carbocycles. The third kappa shape index (κ3) is 3.31. The highest BCUT2D eigenvalue weighted by atomic mass is 32.2. The lowest BCUT2D eigenvalue weighted by molar-refractivity contribution is 0.249. The second kappa shape index (κ2) is 5.71. The molecule has 1 aromatic rings. The van der Waals surface area contributed by atoms with Gasteiger partial charge in [0.05, 0.1) is 4.90 Å². The summed E-state index contributed by atoms with van der Waals surface area (Å²) in [6.45, 7) is 2.40. The molecule has 112 valence electrons. The van der Waals surface area contributed by atoms with Crippen molar-refractivity contribution in [3.05, 3.63) is 23.8 Å². The predicted octanol–water partition coefficient (Wildman–Crippen LogP) is 1.27. The van der Waals surface area contributed by atoms with Crippen LogP contribution in [-0.2, 0) is 16.4 Å². The van der Waals surface area contributed by atoms with Gasteiger partial charge in [-0.05, 0) is 48.8 Å². The zero-order chi connectivity index (χ0) is 14.8. The van der Waals surface area contributed by atoms with Gasteiger partial charge in [0.15, 0.2) is 0 Å². The molecule has 0 atom stereocenters. The van der Waals surface area contributed by atoms with E-state index in [0.29, 0.717) is 25.1 Å². The van der Waals surface area contributed by atoms with Gasteiger partial charge in [0.2, 0.25) is 10.0 Å². The number of hydrogen-bond donors (Lipinski definition) is 3. The third-order valence-electron chi connectivity index (χ3n) is 4.00. The molecule has 1 fully saturated rings. The van der Waals surface area contributed by atoms with E-state index in [1.165, 1.54) is 6.07 Å². The monoisotopic (exact) mass is 298 g/mol. The first-order valence-corrected chi connectivity index (χ1v) is 8.40. The third-order valence-corrected chi connectivity index (χ3v) is 5.48. The Kier molecular flexibility index (Phi) is 4.36. The molecule has 20 heavy (non-hydrogen) atoms. The highest BCUT2D eigenvalue weighted by molar-refractivity contribution is 7.89. The number of nitrogen functional groups attached to an aromatic ring is 1. The number of nitrogens with two attached hydrogens (primary N) is 1. The van der Waals surface area contributed by atoms with Crippen LogP contribution in [0.5, 0.6) is 0 Å². The van der Waals surface area contributed by atoms with Crippen molar-refractivity contribution in [2.45, 2.75) is 37.5 Å². The van der Waals surface area contributed by atoms with Gasteiger partial charge in [-0.2, -0.15) is 0 Å². The van der Waals surface area contributed by atoms with E-state index < -0.39 is 10.0 Å². The number of hydrogen-bond acceptors (Lipinski definition) is 4. The normalized spacial score (nSPS) is 17.1. The maximum atomic E-state index is 12.4. The van der Waals surface area contributed by atoms with E-state index in [1.807, 2.05) is 6.92 Å². The molecule has 4 N–H and O–H groups in total. The molecular formula is C14H22N2O3S. The van der Waals surface area contributed by atoms with Gasteiger partial charge >= 0.3 is 0 Å². The second-order valence-corrected chi connectivity index (χ2v) is 7.25. The summed E-state index contributed by atoms with van der Waals surface area (Å²) in [5.41, 5.74) is 6.85. The first-order chi connectivity index (χ1) is 9.42. The number of anilines is 1. The van der Waals surface area contributed by atoms with Gasteiger partial charge in [0.1, 0.15) is 0 Å². The van der Waals surface area contributed by atoms with E-state index in [-0.39, 0.29) is 16.9 Å². The fourth-order valence-electron chi connectivity index (χ4n) is 2.37. The zero-order valence-electron chi connectivity index (χ0n) is 11.7. The molecule has 0 unspecified atom stereocenters. The van der Waals surface area contributed by atoms with Crippen LogP contribution in [0.25, 0.3) is 0 Å². The maximum absolute atomic E-state index is 12.4. The van der Waals surface area contributed by atoms with Crippen LogP contribution < -0.4 is 10.5 Å². The molecular weight excluding hydrogens is 276 g/mol. The van der Waals surface area contributed by atoms with E-state index in [1.54, 1.807) is 12.1 Å². The van der Waals surface area contributed by atoms with Crippen molar-refractivity contribution in [2.24, 2.45) is 5.41 Å². The molecule has 0 radical (unpaired) electrons. The first kappa shape index (κ1) is 15.3. The molecule has 0 amide bonds. The lowest BCUT2D eigenvalue weighted by Crippen LogP contribution is -2.31. The van der Waals surface area contributed by atoms with Crippen LogP contribution in [0, 0.1) is 5.41 Å². The highest BCUT2D eigenvalue weighted by Gasteiger charge is 2.42. The van der Waals surface area contributed by atoms with E-state index in [0.717, 1.165) is 18.4 Å². The minimum absolute atomic E-state index is 0.0471. The molecule has 5 nitrogen and oxygen atoms in total. The van der Waals surface area contributed by atoms with E-state index >= 15 is 0 Å². The summed E-state index contributed by atoms with van der Waals surface area (Å²) in [6.07, 6.45) is 3.21. The molecule has 0 bridgehead atoms. The Labute approximate surface area is 120 Å². The van der Waals surface area contributed by atoms with Gasteiger partial charge in [-0.25, -0.2) is 13.1 Å². The highest BCUT2D eigenvalue weighted by Crippen LogP contribution is 2.48. The lowest BCUT2D eigenvalue weighted by Gasteiger charge is -2.16. The van der Waals surface area contributed by atoms with Crippen molar-refractivity contribution in [1.29, 1.82) is 0 Å². The Morgan fingerprint density at radius 1 is 1.40 bits per heavy atom. The summed E-state index contributed by atoms with van der Waals surface area (Å²) in [5, 5.41) is 9.01. The van der Waals surface area contributed by atoms with Gasteiger partial charge in [-0.3, -0.25) is 0 Å². The number of benzene rings is 1. The van der Waals surface area contributed by atoms with Crippen molar-refractivity contribution >= 4 is 15.7 Å². The minimum atomic E-state index is -3.55. The zero-order valence-corrected chi connectivity index (χ0v) is 12.5. The molecule has 1 aliphatic rings. The molecule has 0 saturated heterocycles. The summed E-state index contributed by atoms with van der Waals surface area (Å²) in [7, 11) is -3.55. The van der Waals surface area contributed by atoms with Crippen molar-refractivity contribution in [1.82, 2.24) is 4.72 Å². The minimum Gasteiger partial charge on any atom is -0.399 e. The molecule has 0 spiro atoms. The summed E-state index contributed by atoms with van der Waals surface area (Å²) < 4.78 is 27.5. The van der Waals surface area contributed by atoms with Crippen LogP contribution >= 0.6 is 0 Å². The van der Waals surface area contributed by atoms with Crippen LogP contribution in [-0.4, -0.2) is 26.7 Å². The Morgan fingerprint density at radius 3 is 2.65 bits per heavy atom. The summed E-state index contributed by atoms with van der Waals surface area (Å²) in [6, 6.07) is 4.98. The topological polar surface area (TPSA) is 92.4 Å². The summed E-state index contributed by atoms with van der Waals surface area (Å²) >= 11 is 0. The van der Waals surface area contributed by atoms with Crippen LogP contribution in [0.2, 0.25) is 0 Å². The number of rotatable bonds is 7. The van der Waals surface area contributed by atoms with Gasteiger partial charge < -0.3 is 10.8 Å². The molecule has 0 heterocycles. The summed E-state index contributed by atoms with van der Waals surface area (Å²) in [4.78, 5) is 0.264. The fraction of sp³-hybridized carbons (Fsp3) is 0.571. The van der Waals surface area contributed by atoms with Gasteiger partial charge in [-0.15, -0.1) is 0 Å². The predicted molar refractivity (Wildman–Crippen MR) is 78.8 cm³/mol. The first-order valence-electron chi connectivity index (χ1n) is 6.91. The lowest BCUT2D eigenvalue weighted by atomic mass is 10.0. The molecule has 0 aromatic heterocycles. The van der Waals surface area contributed by atoms with Gasteiger partial charge in [-0.1, -0.05) is 13.0 Å². The molecule has 1 aliphatic carbocycles. The molecule has 1 saturated carbocycles. The SMILES string of the molecule is CCc1ccc(N)cc1S(=O)(=O)NCC1(CCO)CC1. The van der Waals surface area contributed by atoms with Crippen molar-refractivity contribution in [2.75, 3.05) is 18.9 Å². The average molecular weight is 298 g/mol. The summed E-state index contributed by atoms with van der Waals surface area (Å²) in [5.74, 6) is 0.